The van der Waals surface area contributed by atoms with Gasteiger partial charge in [0, 0.05) is 38.3 Å². The van der Waals surface area contributed by atoms with E-state index in [4.69, 9.17) is 0 Å². The largest absolute Gasteiger partial charge is 0.339 e. The average Bonchev–Trinajstić information content (AvgIpc) is 3.25. The van der Waals surface area contributed by atoms with Gasteiger partial charge in [0.05, 0.1) is 12.0 Å². The molecule has 8 heteroatoms. The smallest absolute Gasteiger partial charge is 0.254 e. The third kappa shape index (κ3) is 3.99. The Bertz CT molecular complexity index is 901. The third-order valence-electron chi connectivity index (χ3n) is 5.50. The van der Waals surface area contributed by atoms with E-state index in [1.807, 2.05) is 30.3 Å². The summed E-state index contributed by atoms with van der Waals surface area (Å²) in [6.45, 7) is 2.06. The summed E-state index contributed by atoms with van der Waals surface area (Å²) in [5.41, 5.74) is 7.40. The van der Waals surface area contributed by atoms with E-state index in [9.17, 15) is 18.4 Å². The number of rotatable bonds is 3. The summed E-state index contributed by atoms with van der Waals surface area (Å²) < 4.78 is 26.5. The molecule has 152 valence electrons. The van der Waals surface area contributed by atoms with E-state index in [0.717, 1.165) is 17.7 Å². The lowest BCUT2D eigenvalue weighted by molar-refractivity contribution is -0.137. The van der Waals surface area contributed by atoms with Gasteiger partial charge in [-0.1, -0.05) is 30.3 Å². The molecule has 2 atom stereocenters. The van der Waals surface area contributed by atoms with Crippen LogP contribution in [0.25, 0.3) is 0 Å². The summed E-state index contributed by atoms with van der Waals surface area (Å²) in [5.74, 6) is -2.58. The van der Waals surface area contributed by atoms with Gasteiger partial charge in [0.1, 0.15) is 0 Å². The van der Waals surface area contributed by atoms with Crippen molar-refractivity contribution in [3.63, 3.8) is 0 Å². The fourth-order valence-electron chi connectivity index (χ4n) is 3.88. The van der Waals surface area contributed by atoms with Gasteiger partial charge in [-0.15, -0.1) is 0 Å². The van der Waals surface area contributed by atoms with Crippen LogP contribution in [0, 0.1) is 17.6 Å². The summed E-state index contributed by atoms with van der Waals surface area (Å²) in [5, 5.41) is 0. The first-order valence-electron chi connectivity index (χ1n) is 9.61. The number of hydrazine groups is 1. The van der Waals surface area contributed by atoms with Gasteiger partial charge in [0.15, 0.2) is 11.6 Å². The number of hydrogen-bond acceptors (Lipinski definition) is 4. The van der Waals surface area contributed by atoms with Gasteiger partial charge in [0.25, 0.3) is 5.91 Å². The predicted molar refractivity (Wildman–Crippen MR) is 103 cm³/mol. The number of benzene rings is 2. The number of carbonyl (C=O) groups excluding carboxylic acids is 2. The first-order chi connectivity index (χ1) is 14.0. The molecule has 2 N–H and O–H groups in total. The number of hydrogen-bond donors (Lipinski definition) is 2. The Morgan fingerprint density at radius 1 is 0.897 bits per heavy atom. The minimum atomic E-state index is -1.04. The van der Waals surface area contributed by atoms with Crippen LogP contribution in [0.3, 0.4) is 0 Å². The lowest BCUT2D eigenvalue weighted by atomic mass is 9.93. The molecule has 0 spiro atoms. The highest BCUT2D eigenvalue weighted by Gasteiger charge is 2.37. The maximum absolute atomic E-state index is 13.4. The van der Waals surface area contributed by atoms with Crippen LogP contribution < -0.4 is 10.9 Å². The van der Waals surface area contributed by atoms with E-state index >= 15 is 0 Å². The first kappa shape index (κ1) is 19.5. The van der Waals surface area contributed by atoms with Crippen LogP contribution in [0.4, 0.5) is 8.78 Å². The molecule has 0 saturated carbocycles. The number of halogens is 2. The number of nitrogens with zero attached hydrogens (tertiary/aromatic N) is 2. The zero-order valence-corrected chi connectivity index (χ0v) is 15.8. The highest BCUT2D eigenvalue weighted by Crippen LogP contribution is 2.27. The second-order valence-corrected chi connectivity index (χ2v) is 7.27. The van der Waals surface area contributed by atoms with Crippen molar-refractivity contribution < 1.29 is 18.4 Å². The van der Waals surface area contributed by atoms with Gasteiger partial charge in [-0.05, 0) is 23.8 Å². The summed E-state index contributed by atoms with van der Waals surface area (Å²) in [6, 6.07) is 12.8. The molecule has 2 unspecified atom stereocenters. The van der Waals surface area contributed by atoms with Gasteiger partial charge in [0.2, 0.25) is 5.91 Å². The van der Waals surface area contributed by atoms with Crippen LogP contribution in [0.5, 0.6) is 0 Å². The molecule has 4 rings (SSSR count). The molecule has 2 aliphatic rings. The van der Waals surface area contributed by atoms with E-state index < -0.39 is 11.6 Å². The van der Waals surface area contributed by atoms with Gasteiger partial charge in [-0.25, -0.2) is 14.2 Å². The Hall–Kier alpha value is -2.84. The van der Waals surface area contributed by atoms with E-state index in [1.54, 1.807) is 9.80 Å². The highest BCUT2D eigenvalue weighted by molar-refractivity contribution is 5.94. The van der Waals surface area contributed by atoms with Crippen LogP contribution in [-0.4, -0.2) is 54.3 Å². The molecule has 2 aliphatic heterocycles. The Morgan fingerprint density at radius 2 is 1.59 bits per heavy atom. The molecular weight excluding hydrogens is 378 g/mol. The number of carbonyl (C=O) groups is 2. The van der Waals surface area contributed by atoms with E-state index in [0.29, 0.717) is 32.7 Å². The average molecular weight is 400 g/mol. The molecule has 6 nitrogen and oxygen atoms in total. The van der Waals surface area contributed by atoms with E-state index in [-0.39, 0.29) is 29.3 Å². The summed E-state index contributed by atoms with van der Waals surface area (Å²) in [6.07, 6.45) is 0. The Morgan fingerprint density at radius 3 is 2.28 bits per heavy atom. The Kier molecular flexibility index (Phi) is 5.55. The zero-order chi connectivity index (χ0) is 20.4. The Labute approximate surface area is 167 Å². The Balaban J connectivity index is 1.38. The van der Waals surface area contributed by atoms with Crippen molar-refractivity contribution in [2.75, 3.05) is 32.7 Å². The molecule has 2 aromatic carbocycles. The molecule has 29 heavy (non-hydrogen) atoms. The molecule has 2 aromatic rings. The van der Waals surface area contributed by atoms with Gasteiger partial charge >= 0.3 is 0 Å². The minimum Gasteiger partial charge on any atom is -0.339 e. The molecule has 0 aliphatic carbocycles. The van der Waals surface area contributed by atoms with Crippen molar-refractivity contribution in [2.24, 2.45) is 5.92 Å². The molecule has 2 fully saturated rings. The molecule has 2 amide bonds. The SMILES string of the molecule is O=C(c1ccc(F)c(F)c1)N1CCN(C(=O)C2CNNC2c2ccccc2)CC1. The normalized spacial score (nSPS) is 22.0. The topological polar surface area (TPSA) is 64.7 Å². The lowest BCUT2D eigenvalue weighted by Gasteiger charge is -2.36. The van der Waals surface area contributed by atoms with Crippen molar-refractivity contribution >= 4 is 11.8 Å². The molecule has 0 radical (unpaired) electrons. The minimum absolute atomic E-state index is 0.0382. The second-order valence-electron chi connectivity index (χ2n) is 7.27. The monoisotopic (exact) mass is 400 g/mol. The summed E-state index contributed by atoms with van der Waals surface area (Å²) >= 11 is 0. The van der Waals surface area contributed by atoms with Crippen molar-refractivity contribution in [2.45, 2.75) is 6.04 Å². The summed E-state index contributed by atoms with van der Waals surface area (Å²) in [7, 11) is 0. The van der Waals surface area contributed by atoms with Crippen LogP contribution in [-0.2, 0) is 4.79 Å². The molecule has 0 bridgehead atoms. The van der Waals surface area contributed by atoms with Crippen LogP contribution >= 0.6 is 0 Å². The lowest BCUT2D eigenvalue weighted by Crippen LogP contribution is -2.52. The van der Waals surface area contributed by atoms with E-state index in [1.165, 1.54) is 6.07 Å². The zero-order valence-electron chi connectivity index (χ0n) is 15.8. The van der Waals surface area contributed by atoms with Crippen molar-refractivity contribution in [3.8, 4) is 0 Å². The van der Waals surface area contributed by atoms with Crippen LogP contribution in [0.2, 0.25) is 0 Å². The number of nitrogens with one attached hydrogen (secondary N) is 2. The fraction of sp³-hybridized carbons (Fsp3) is 0.333. The first-order valence-corrected chi connectivity index (χ1v) is 9.61. The maximum Gasteiger partial charge on any atom is 0.254 e. The van der Waals surface area contributed by atoms with E-state index in [2.05, 4.69) is 10.9 Å². The number of amides is 2. The van der Waals surface area contributed by atoms with Crippen molar-refractivity contribution in [3.05, 3.63) is 71.3 Å². The molecule has 2 saturated heterocycles. The maximum atomic E-state index is 13.4. The van der Waals surface area contributed by atoms with Crippen LogP contribution in [0.1, 0.15) is 22.0 Å². The standard InChI is InChI=1S/C21H22F2N4O2/c22-17-7-6-15(12-18(17)23)20(28)26-8-10-27(11-9-26)21(29)16-13-24-25-19(16)14-4-2-1-3-5-14/h1-7,12,16,19,24-25H,8-11,13H2. The van der Waals surface area contributed by atoms with Gasteiger partial charge in [-0.3, -0.25) is 15.0 Å². The molecular formula is C21H22F2N4O2. The number of piperazine rings is 1. The highest BCUT2D eigenvalue weighted by atomic mass is 19.2. The van der Waals surface area contributed by atoms with Gasteiger partial charge < -0.3 is 9.80 Å². The fourth-order valence-corrected chi connectivity index (χ4v) is 3.88. The second kappa shape index (κ2) is 8.26. The van der Waals surface area contributed by atoms with Crippen LogP contribution in [0.15, 0.2) is 48.5 Å². The third-order valence-corrected chi connectivity index (χ3v) is 5.50. The molecule has 0 aromatic heterocycles. The quantitative estimate of drug-likeness (QED) is 0.824. The van der Waals surface area contributed by atoms with Crippen molar-refractivity contribution in [1.29, 1.82) is 0 Å². The molecule has 2 heterocycles. The van der Waals surface area contributed by atoms with Gasteiger partial charge in [-0.2, -0.15) is 0 Å². The predicted octanol–water partition coefficient (Wildman–Crippen LogP) is 1.71. The summed E-state index contributed by atoms with van der Waals surface area (Å²) in [4.78, 5) is 28.9. The van der Waals surface area contributed by atoms with Crippen molar-refractivity contribution in [1.82, 2.24) is 20.7 Å².